The van der Waals surface area contributed by atoms with Gasteiger partial charge in [0.25, 0.3) is 11.8 Å². The largest absolute Gasteiger partial charge is 0.497 e. The Kier molecular flexibility index (Phi) is 5.70. The number of benzene rings is 2. The molecule has 2 aliphatic rings. The third-order valence-corrected chi connectivity index (χ3v) is 7.09. The maximum Gasteiger partial charge on any atom is 0.261 e. The van der Waals surface area contributed by atoms with E-state index in [2.05, 4.69) is 10.6 Å². The summed E-state index contributed by atoms with van der Waals surface area (Å²) in [4.78, 5) is 41.4. The number of nitrogens with zero attached hydrogens (tertiary/aromatic N) is 1. The fourth-order valence-electron chi connectivity index (χ4n) is 4.54. The van der Waals surface area contributed by atoms with Crippen molar-refractivity contribution in [1.29, 1.82) is 0 Å². The first-order valence-corrected chi connectivity index (χ1v) is 11.7. The van der Waals surface area contributed by atoms with Crippen LogP contribution in [0.25, 0.3) is 11.1 Å². The van der Waals surface area contributed by atoms with Gasteiger partial charge < -0.3 is 25.0 Å². The molecule has 0 spiro atoms. The van der Waals surface area contributed by atoms with E-state index >= 15 is 0 Å². The van der Waals surface area contributed by atoms with Crippen LogP contribution in [0, 0.1) is 0 Å². The highest BCUT2D eigenvalue weighted by atomic mass is 32.1. The number of anilines is 1. The second-order valence-corrected chi connectivity index (χ2v) is 9.05. The standard InChI is InChI=1S/C25H23N3O5S/c1-32-15-6-7-16(20(13-15)33-2)14-5-8-18-17(12-14)25(31)28-10-9-19(22(28)24(30)26-18)27-23(29)21-4-3-11-34-21/h3-8,11-13,19,22H,9-10H2,1-2H3,(H,26,30)(H,27,29)/t19-,22-/m0/s1. The minimum atomic E-state index is -0.775. The molecule has 2 aliphatic heterocycles. The highest BCUT2D eigenvalue weighted by Crippen LogP contribution is 2.37. The van der Waals surface area contributed by atoms with Crippen molar-refractivity contribution in [1.82, 2.24) is 10.2 Å². The molecule has 9 heteroatoms. The molecule has 3 heterocycles. The van der Waals surface area contributed by atoms with Crippen molar-refractivity contribution >= 4 is 34.7 Å². The zero-order valence-corrected chi connectivity index (χ0v) is 19.5. The van der Waals surface area contributed by atoms with Gasteiger partial charge in [-0.1, -0.05) is 12.1 Å². The van der Waals surface area contributed by atoms with E-state index in [1.54, 1.807) is 49.5 Å². The van der Waals surface area contributed by atoms with Gasteiger partial charge in [-0.15, -0.1) is 11.3 Å². The number of methoxy groups -OCH3 is 2. The van der Waals surface area contributed by atoms with Crippen LogP contribution in [0.4, 0.5) is 5.69 Å². The van der Waals surface area contributed by atoms with Crippen LogP contribution in [0.1, 0.15) is 26.5 Å². The van der Waals surface area contributed by atoms with Crippen molar-refractivity contribution in [2.75, 3.05) is 26.1 Å². The van der Waals surface area contributed by atoms with Gasteiger partial charge >= 0.3 is 0 Å². The van der Waals surface area contributed by atoms with E-state index in [-0.39, 0.29) is 17.7 Å². The molecule has 2 atom stereocenters. The van der Waals surface area contributed by atoms with Crippen molar-refractivity contribution in [2.24, 2.45) is 0 Å². The molecular weight excluding hydrogens is 454 g/mol. The SMILES string of the molecule is COc1ccc(-c2ccc3c(c2)C(=O)N2CC[C@H](NC(=O)c4cccs4)[C@H]2C(=O)N3)c(OC)c1. The fraction of sp³-hybridized carbons (Fsp3) is 0.240. The summed E-state index contributed by atoms with van der Waals surface area (Å²) in [7, 11) is 3.16. The summed E-state index contributed by atoms with van der Waals surface area (Å²) in [5.41, 5.74) is 2.43. The lowest BCUT2D eigenvalue weighted by Crippen LogP contribution is -2.51. The predicted molar refractivity (Wildman–Crippen MR) is 129 cm³/mol. The molecule has 0 unspecified atom stereocenters. The average molecular weight is 478 g/mol. The second kappa shape index (κ2) is 8.83. The molecule has 2 aromatic carbocycles. The van der Waals surface area contributed by atoms with Gasteiger partial charge in [-0.3, -0.25) is 14.4 Å². The van der Waals surface area contributed by atoms with Crippen LogP contribution >= 0.6 is 11.3 Å². The number of nitrogens with one attached hydrogen (secondary N) is 2. The fourth-order valence-corrected chi connectivity index (χ4v) is 5.17. The number of hydrogen-bond donors (Lipinski definition) is 2. The average Bonchev–Trinajstić information content (AvgIpc) is 3.52. The number of fused-ring (bicyclic) bond motifs is 2. The minimum Gasteiger partial charge on any atom is -0.497 e. The number of thiophene rings is 1. The molecule has 3 aromatic rings. The summed E-state index contributed by atoms with van der Waals surface area (Å²) < 4.78 is 10.8. The maximum absolute atomic E-state index is 13.5. The number of carbonyl (C=O) groups excluding carboxylic acids is 3. The quantitative estimate of drug-likeness (QED) is 0.587. The first kappa shape index (κ1) is 22.0. The highest BCUT2D eigenvalue weighted by Gasteiger charge is 2.45. The zero-order chi connectivity index (χ0) is 23.8. The van der Waals surface area contributed by atoms with E-state index in [9.17, 15) is 14.4 Å². The second-order valence-electron chi connectivity index (χ2n) is 8.11. The number of ether oxygens (including phenoxy) is 2. The third-order valence-electron chi connectivity index (χ3n) is 6.22. The summed E-state index contributed by atoms with van der Waals surface area (Å²) in [6.45, 7) is 0.377. The molecule has 34 heavy (non-hydrogen) atoms. The van der Waals surface area contributed by atoms with Crippen LogP contribution in [-0.4, -0.2) is 55.5 Å². The number of carbonyl (C=O) groups is 3. The van der Waals surface area contributed by atoms with E-state index in [0.29, 0.717) is 40.6 Å². The van der Waals surface area contributed by atoms with E-state index in [0.717, 1.165) is 11.1 Å². The van der Waals surface area contributed by atoms with Gasteiger partial charge in [0.1, 0.15) is 17.5 Å². The molecule has 3 amide bonds. The Morgan fingerprint density at radius 2 is 1.94 bits per heavy atom. The van der Waals surface area contributed by atoms with E-state index in [1.165, 1.54) is 11.3 Å². The number of amides is 3. The lowest BCUT2D eigenvalue weighted by molar-refractivity contribution is -0.120. The van der Waals surface area contributed by atoms with Crippen LogP contribution in [0.15, 0.2) is 53.9 Å². The Morgan fingerprint density at radius 3 is 2.68 bits per heavy atom. The molecule has 2 N–H and O–H groups in total. The summed E-state index contributed by atoms with van der Waals surface area (Å²) in [5.74, 6) is 0.475. The number of hydrogen-bond acceptors (Lipinski definition) is 6. The zero-order valence-electron chi connectivity index (χ0n) is 18.7. The van der Waals surface area contributed by atoms with Crippen molar-refractivity contribution in [3.05, 3.63) is 64.4 Å². The van der Waals surface area contributed by atoms with Gasteiger partial charge in [0, 0.05) is 18.2 Å². The van der Waals surface area contributed by atoms with Gasteiger partial charge in [-0.25, -0.2) is 0 Å². The smallest absolute Gasteiger partial charge is 0.261 e. The van der Waals surface area contributed by atoms with Gasteiger partial charge in [-0.05, 0) is 47.7 Å². The van der Waals surface area contributed by atoms with Crippen molar-refractivity contribution in [3.63, 3.8) is 0 Å². The van der Waals surface area contributed by atoms with Crippen LogP contribution in [-0.2, 0) is 4.79 Å². The molecule has 0 radical (unpaired) electrons. The third kappa shape index (κ3) is 3.77. The maximum atomic E-state index is 13.5. The molecule has 1 fully saturated rings. The Labute approximate surface area is 200 Å². The van der Waals surface area contributed by atoms with Gasteiger partial charge in [0.2, 0.25) is 5.91 Å². The van der Waals surface area contributed by atoms with Gasteiger partial charge in [-0.2, -0.15) is 0 Å². The normalized spacial score (nSPS) is 19.1. The topological polar surface area (TPSA) is 97.0 Å². The van der Waals surface area contributed by atoms with E-state index in [1.807, 2.05) is 23.6 Å². The molecule has 1 saturated heterocycles. The predicted octanol–water partition coefficient (Wildman–Crippen LogP) is 3.40. The highest BCUT2D eigenvalue weighted by molar-refractivity contribution is 7.12. The van der Waals surface area contributed by atoms with Crippen LogP contribution in [0.3, 0.4) is 0 Å². The molecule has 0 bridgehead atoms. The summed E-state index contributed by atoms with van der Waals surface area (Å²) >= 11 is 1.33. The molecule has 8 nitrogen and oxygen atoms in total. The molecule has 1 aromatic heterocycles. The lowest BCUT2D eigenvalue weighted by Gasteiger charge is -2.24. The first-order valence-electron chi connectivity index (χ1n) is 10.8. The molecule has 0 saturated carbocycles. The molecule has 5 rings (SSSR count). The van der Waals surface area contributed by atoms with Gasteiger partial charge in [0.15, 0.2) is 0 Å². The van der Waals surface area contributed by atoms with E-state index in [4.69, 9.17) is 9.47 Å². The first-order chi connectivity index (χ1) is 16.5. The molecule has 174 valence electrons. The lowest BCUT2D eigenvalue weighted by atomic mass is 10.00. The molecular formula is C25H23N3O5S. The Bertz CT molecular complexity index is 1270. The van der Waals surface area contributed by atoms with Crippen molar-refractivity contribution in [3.8, 4) is 22.6 Å². The Balaban J connectivity index is 1.45. The monoisotopic (exact) mass is 477 g/mol. The van der Waals surface area contributed by atoms with Crippen LogP contribution < -0.4 is 20.1 Å². The summed E-state index contributed by atoms with van der Waals surface area (Å²) in [5, 5.41) is 7.65. The van der Waals surface area contributed by atoms with Crippen molar-refractivity contribution in [2.45, 2.75) is 18.5 Å². The van der Waals surface area contributed by atoms with Crippen LogP contribution in [0.2, 0.25) is 0 Å². The van der Waals surface area contributed by atoms with Crippen LogP contribution in [0.5, 0.6) is 11.5 Å². The van der Waals surface area contributed by atoms with Gasteiger partial charge in [0.05, 0.1) is 36.4 Å². The summed E-state index contributed by atoms with van der Waals surface area (Å²) in [6, 6.07) is 13.1. The number of rotatable bonds is 5. The van der Waals surface area contributed by atoms with E-state index < -0.39 is 12.1 Å². The Morgan fingerprint density at radius 1 is 1.09 bits per heavy atom. The minimum absolute atomic E-state index is 0.238. The van der Waals surface area contributed by atoms with Crippen molar-refractivity contribution < 1.29 is 23.9 Å². The molecule has 0 aliphatic carbocycles. The Hall–Kier alpha value is -3.85. The summed E-state index contributed by atoms with van der Waals surface area (Å²) in [6.07, 6.45) is 0.502.